The number of hydrogen-bond donors (Lipinski definition) is 1. The normalized spacial score (nSPS) is 16.1. The highest BCUT2D eigenvalue weighted by Crippen LogP contribution is 2.37. The van der Waals surface area contributed by atoms with Crippen LogP contribution in [-0.4, -0.2) is 41.2 Å². The summed E-state index contributed by atoms with van der Waals surface area (Å²) in [5.74, 6) is -0.751. The molecule has 1 saturated carbocycles. The van der Waals surface area contributed by atoms with Gasteiger partial charge in [-0.05, 0) is 48.9 Å². The van der Waals surface area contributed by atoms with E-state index in [0.29, 0.717) is 33.3 Å². The molecule has 0 unspecified atom stereocenters. The van der Waals surface area contributed by atoms with Crippen LogP contribution in [0.1, 0.15) is 61.4 Å². The van der Waals surface area contributed by atoms with Gasteiger partial charge in [-0.3, -0.25) is 19.3 Å². The molecule has 3 amide bonds. The molecule has 1 aliphatic carbocycles. The van der Waals surface area contributed by atoms with E-state index in [1.807, 2.05) is 37.3 Å². The van der Waals surface area contributed by atoms with Gasteiger partial charge in [-0.2, -0.15) is 0 Å². The third kappa shape index (κ3) is 5.12. The van der Waals surface area contributed by atoms with Gasteiger partial charge in [0, 0.05) is 39.1 Å². The van der Waals surface area contributed by atoms with E-state index in [1.54, 1.807) is 24.3 Å². The number of halogens is 2. The van der Waals surface area contributed by atoms with Gasteiger partial charge in [-0.15, -0.1) is 0 Å². The number of anilines is 1. The number of hydrogen-bond acceptors (Lipinski definition) is 3. The van der Waals surface area contributed by atoms with Crippen molar-refractivity contribution in [1.29, 1.82) is 0 Å². The average molecular weight is 553 g/mol. The Labute approximate surface area is 232 Å². The fourth-order valence-electron chi connectivity index (χ4n) is 5.68. The fraction of sp³-hybridized carbons (Fsp3) is 0.367. The molecule has 0 bridgehead atoms. The molecule has 0 aromatic heterocycles. The summed E-state index contributed by atoms with van der Waals surface area (Å²) in [7, 11) is 0. The minimum atomic E-state index is -0.729. The Morgan fingerprint density at radius 1 is 1.00 bits per heavy atom. The smallest absolute Gasteiger partial charge is 0.259 e. The van der Waals surface area contributed by atoms with E-state index >= 15 is 0 Å². The number of nitrogens with one attached hydrogen (secondary N) is 1. The van der Waals surface area contributed by atoms with E-state index in [-0.39, 0.29) is 36.9 Å². The van der Waals surface area contributed by atoms with Gasteiger partial charge in [0.05, 0.1) is 5.69 Å². The summed E-state index contributed by atoms with van der Waals surface area (Å²) >= 11 is 13.0. The van der Waals surface area contributed by atoms with Gasteiger partial charge < -0.3 is 10.2 Å². The molecule has 198 valence electrons. The van der Waals surface area contributed by atoms with Crippen LogP contribution in [0.25, 0.3) is 10.8 Å². The van der Waals surface area contributed by atoms with Crippen molar-refractivity contribution in [3.8, 4) is 0 Å². The predicted octanol–water partition coefficient (Wildman–Crippen LogP) is 6.36. The Bertz CT molecular complexity index is 1360. The van der Waals surface area contributed by atoms with Crippen LogP contribution in [0.4, 0.5) is 5.69 Å². The molecule has 1 atom stereocenters. The third-order valence-corrected chi connectivity index (χ3v) is 8.38. The van der Waals surface area contributed by atoms with E-state index in [0.717, 1.165) is 36.5 Å². The first kappa shape index (κ1) is 26.5. The zero-order valence-electron chi connectivity index (χ0n) is 21.4. The van der Waals surface area contributed by atoms with Crippen LogP contribution < -0.4 is 10.2 Å². The van der Waals surface area contributed by atoms with E-state index in [4.69, 9.17) is 23.2 Å². The molecule has 8 heteroatoms. The molecule has 1 fully saturated rings. The number of carbonyl (C=O) groups is 3. The minimum Gasteiger partial charge on any atom is -0.352 e. The van der Waals surface area contributed by atoms with E-state index in [2.05, 4.69) is 5.32 Å². The number of amides is 3. The standard InChI is InChI=1S/C30H31Cl2N3O3/c1-2-25(29(37)33-20-11-4-3-5-12-20)34(17-22-23(31)14-8-15-24(22)32)27(36)18-35-26-16-7-10-19-9-6-13-21(28(19)26)30(35)38/h6-10,13-16,20,25H,2-5,11-12,17-18H2,1H3,(H,33,37)/t25-/m0/s1. The zero-order valence-corrected chi connectivity index (χ0v) is 22.9. The van der Waals surface area contributed by atoms with E-state index < -0.39 is 6.04 Å². The zero-order chi connectivity index (χ0) is 26.8. The Hall–Kier alpha value is -3.09. The highest BCUT2D eigenvalue weighted by atomic mass is 35.5. The lowest BCUT2D eigenvalue weighted by Crippen LogP contribution is -2.53. The second-order valence-corrected chi connectivity index (χ2v) is 10.9. The van der Waals surface area contributed by atoms with Crippen LogP contribution in [-0.2, 0) is 16.1 Å². The summed E-state index contributed by atoms with van der Waals surface area (Å²) in [5.41, 5.74) is 1.85. The molecule has 2 aliphatic rings. The highest BCUT2D eigenvalue weighted by molar-refractivity contribution is 6.36. The van der Waals surface area contributed by atoms with Crippen molar-refractivity contribution in [3.63, 3.8) is 0 Å². The summed E-state index contributed by atoms with van der Waals surface area (Å²) in [5, 5.41) is 5.81. The second-order valence-electron chi connectivity index (χ2n) is 10.1. The van der Waals surface area contributed by atoms with Crippen molar-refractivity contribution >= 4 is 57.4 Å². The van der Waals surface area contributed by atoms with Crippen LogP contribution in [0, 0.1) is 0 Å². The molecule has 6 nitrogen and oxygen atoms in total. The molecular formula is C30H31Cl2N3O3. The van der Waals surface area contributed by atoms with Gasteiger partial charge >= 0.3 is 0 Å². The topological polar surface area (TPSA) is 69.7 Å². The third-order valence-electron chi connectivity index (χ3n) is 7.67. The van der Waals surface area contributed by atoms with Gasteiger partial charge in [-0.25, -0.2) is 0 Å². The molecule has 1 heterocycles. The minimum absolute atomic E-state index is 0.0626. The molecule has 0 spiro atoms. The first-order valence-electron chi connectivity index (χ1n) is 13.3. The molecule has 1 N–H and O–H groups in total. The van der Waals surface area contributed by atoms with Crippen LogP contribution in [0.5, 0.6) is 0 Å². The predicted molar refractivity (Wildman–Crippen MR) is 152 cm³/mol. The monoisotopic (exact) mass is 551 g/mol. The van der Waals surface area contributed by atoms with Crippen LogP contribution in [0.3, 0.4) is 0 Å². The molecule has 3 aromatic carbocycles. The molecular weight excluding hydrogens is 521 g/mol. The lowest BCUT2D eigenvalue weighted by atomic mass is 9.95. The molecule has 3 aromatic rings. The maximum atomic E-state index is 14.0. The quantitative estimate of drug-likeness (QED) is 0.354. The van der Waals surface area contributed by atoms with Crippen molar-refractivity contribution < 1.29 is 14.4 Å². The summed E-state index contributed by atoms with van der Waals surface area (Å²) in [6.07, 6.45) is 5.65. The van der Waals surface area contributed by atoms with Crippen molar-refractivity contribution in [3.05, 3.63) is 75.8 Å². The Balaban J connectivity index is 1.45. The van der Waals surface area contributed by atoms with Crippen molar-refractivity contribution in [1.82, 2.24) is 10.2 Å². The summed E-state index contributed by atoms with van der Waals surface area (Å²) < 4.78 is 0. The number of nitrogens with zero attached hydrogens (tertiary/aromatic N) is 2. The highest BCUT2D eigenvalue weighted by Gasteiger charge is 2.36. The maximum Gasteiger partial charge on any atom is 0.259 e. The number of carbonyl (C=O) groups excluding carboxylic acids is 3. The molecule has 5 rings (SSSR count). The summed E-state index contributed by atoms with van der Waals surface area (Å²) in [4.78, 5) is 43.9. The van der Waals surface area contributed by atoms with Crippen LogP contribution >= 0.6 is 23.2 Å². The second kappa shape index (κ2) is 11.3. The number of rotatable bonds is 8. The molecule has 1 aliphatic heterocycles. The van der Waals surface area contributed by atoms with Gasteiger partial charge in [0.1, 0.15) is 12.6 Å². The van der Waals surface area contributed by atoms with Crippen molar-refractivity contribution in [2.75, 3.05) is 11.4 Å². The first-order valence-corrected chi connectivity index (χ1v) is 14.0. The number of benzene rings is 3. The van der Waals surface area contributed by atoms with Gasteiger partial charge in [0.25, 0.3) is 5.91 Å². The Morgan fingerprint density at radius 3 is 2.34 bits per heavy atom. The van der Waals surface area contributed by atoms with Crippen LogP contribution in [0.15, 0.2) is 54.6 Å². The lowest BCUT2D eigenvalue weighted by Gasteiger charge is -2.34. The molecule has 0 radical (unpaired) electrons. The largest absolute Gasteiger partial charge is 0.352 e. The lowest BCUT2D eigenvalue weighted by molar-refractivity contribution is -0.140. The summed E-state index contributed by atoms with van der Waals surface area (Å²) in [6.45, 7) is 1.76. The average Bonchev–Trinajstić information content (AvgIpc) is 3.18. The Morgan fingerprint density at radius 2 is 1.66 bits per heavy atom. The van der Waals surface area contributed by atoms with Crippen molar-refractivity contribution in [2.45, 2.75) is 64.1 Å². The van der Waals surface area contributed by atoms with Crippen molar-refractivity contribution in [2.24, 2.45) is 0 Å². The van der Waals surface area contributed by atoms with Gasteiger partial charge in [0.15, 0.2) is 0 Å². The van der Waals surface area contributed by atoms with E-state index in [1.165, 1.54) is 16.2 Å². The maximum absolute atomic E-state index is 14.0. The summed E-state index contributed by atoms with van der Waals surface area (Å²) in [6, 6.07) is 15.8. The van der Waals surface area contributed by atoms with Crippen LogP contribution in [0.2, 0.25) is 10.0 Å². The SMILES string of the molecule is CC[C@@H](C(=O)NC1CCCCC1)N(Cc1c(Cl)cccc1Cl)C(=O)CN1C(=O)c2cccc3cccc1c23. The first-order chi connectivity index (χ1) is 18.4. The van der Waals surface area contributed by atoms with E-state index in [9.17, 15) is 14.4 Å². The fourth-order valence-corrected chi connectivity index (χ4v) is 6.20. The molecule has 0 saturated heterocycles. The Kier molecular flexibility index (Phi) is 7.91. The van der Waals surface area contributed by atoms with Gasteiger partial charge in [-0.1, -0.05) is 79.7 Å². The molecule has 38 heavy (non-hydrogen) atoms. The van der Waals surface area contributed by atoms with Gasteiger partial charge in [0.2, 0.25) is 11.8 Å².